The Morgan fingerprint density at radius 3 is 2.81 bits per heavy atom. The van der Waals surface area contributed by atoms with Crippen LogP contribution in [0.25, 0.3) is 10.9 Å². The fourth-order valence-electron chi connectivity index (χ4n) is 1.92. The molecule has 2 rings (SSSR count). The number of pyridine rings is 1. The van der Waals surface area contributed by atoms with Crippen molar-refractivity contribution in [1.29, 1.82) is 0 Å². The summed E-state index contributed by atoms with van der Waals surface area (Å²) in [5.74, 6) is 0. The molecule has 0 saturated carbocycles. The molecule has 16 heavy (non-hydrogen) atoms. The summed E-state index contributed by atoms with van der Waals surface area (Å²) in [6, 6.07) is 8.31. The summed E-state index contributed by atoms with van der Waals surface area (Å²) in [6.07, 6.45) is 2.33. The Morgan fingerprint density at radius 1 is 1.31 bits per heavy atom. The Balaban J connectivity index is 2.61. The average Bonchev–Trinajstić information content (AvgIpc) is 2.29. The van der Waals surface area contributed by atoms with Crippen LogP contribution in [0.2, 0.25) is 0 Å². The Hall–Kier alpha value is -1.70. The Kier molecular flexibility index (Phi) is 3.00. The monoisotopic (exact) mass is 213 g/mol. The summed E-state index contributed by atoms with van der Waals surface area (Å²) >= 11 is 0. The highest BCUT2D eigenvalue weighted by molar-refractivity contribution is 5.83. The Bertz CT molecular complexity index is 531. The predicted octanol–water partition coefficient (Wildman–Crippen LogP) is 2.85. The molecule has 0 bridgehead atoms. The summed E-state index contributed by atoms with van der Waals surface area (Å²) in [4.78, 5) is 15.0. The average molecular weight is 213 g/mol. The van der Waals surface area contributed by atoms with Crippen LogP contribution in [-0.4, -0.2) is 11.3 Å². The van der Waals surface area contributed by atoms with Crippen LogP contribution in [0.4, 0.5) is 0 Å². The van der Waals surface area contributed by atoms with E-state index in [0.29, 0.717) is 6.42 Å². The minimum absolute atomic E-state index is 0.395. The fourth-order valence-corrected chi connectivity index (χ4v) is 1.92. The summed E-state index contributed by atoms with van der Waals surface area (Å²) in [7, 11) is 0. The molecule has 0 amide bonds. The molecule has 1 heterocycles. The first-order valence-corrected chi connectivity index (χ1v) is 5.57. The van der Waals surface area contributed by atoms with Gasteiger partial charge in [-0.1, -0.05) is 13.0 Å². The highest BCUT2D eigenvalue weighted by Gasteiger charge is 2.03. The summed E-state index contributed by atoms with van der Waals surface area (Å²) in [5, 5.41) is 1.19. The van der Waals surface area contributed by atoms with Gasteiger partial charge in [-0.15, -0.1) is 0 Å². The maximum atomic E-state index is 10.5. The first kappa shape index (κ1) is 10.8. The third-order valence-corrected chi connectivity index (χ3v) is 2.83. The van der Waals surface area contributed by atoms with Gasteiger partial charge in [0.25, 0.3) is 0 Å². The first-order chi connectivity index (χ1) is 7.74. The molecule has 0 spiro atoms. The van der Waals surface area contributed by atoms with Crippen molar-refractivity contribution in [3.63, 3.8) is 0 Å². The predicted molar refractivity (Wildman–Crippen MR) is 65.6 cm³/mol. The topological polar surface area (TPSA) is 30.0 Å². The van der Waals surface area contributed by atoms with Gasteiger partial charge < -0.3 is 4.79 Å². The number of hydrogen-bond donors (Lipinski definition) is 0. The number of fused-ring (bicyclic) bond motifs is 1. The van der Waals surface area contributed by atoms with Crippen LogP contribution >= 0.6 is 0 Å². The Morgan fingerprint density at radius 2 is 2.12 bits per heavy atom. The molecule has 0 unspecified atom stereocenters. The maximum Gasteiger partial charge on any atom is 0.125 e. The number of nitrogens with zero attached hydrogens (tertiary/aromatic N) is 1. The standard InChI is InChI=1S/C14H15NO/c1-3-11-4-5-14-13(9-11)10(2)8-12(15-14)6-7-16/h4-5,7-9H,3,6H2,1-2H3. The molecule has 1 aromatic carbocycles. The normalized spacial score (nSPS) is 10.6. The fraction of sp³-hybridized carbons (Fsp3) is 0.286. The number of benzene rings is 1. The van der Waals surface area contributed by atoms with E-state index >= 15 is 0 Å². The van der Waals surface area contributed by atoms with E-state index < -0.39 is 0 Å². The lowest BCUT2D eigenvalue weighted by molar-refractivity contribution is -0.107. The molecule has 0 aliphatic carbocycles. The van der Waals surface area contributed by atoms with Crippen LogP contribution in [0.15, 0.2) is 24.3 Å². The first-order valence-electron chi connectivity index (χ1n) is 5.57. The van der Waals surface area contributed by atoms with Crippen molar-refractivity contribution in [1.82, 2.24) is 4.98 Å². The molecule has 2 nitrogen and oxygen atoms in total. The molecule has 82 valence electrons. The largest absolute Gasteiger partial charge is 0.303 e. The zero-order chi connectivity index (χ0) is 11.5. The number of aromatic nitrogens is 1. The second kappa shape index (κ2) is 4.44. The van der Waals surface area contributed by atoms with Crippen molar-refractivity contribution in [2.24, 2.45) is 0 Å². The van der Waals surface area contributed by atoms with Crippen LogP contribution in [0, 0.1) is 6.92 Å². The van der Waals surface area contributed by atoms with E-state index in [9.17, 15) is 4.79 Å². The molecule has 0 saturated heterocycles. The second-order valence-corrected chi connectivity index (χ2v) is 4.01. The van der Waals surface area contributed by atoms with Gasteiger partial charge in [-0.25, -0.2) is 0 Å². The van der Waals surface area contributed by atoms with Crippen LogP contribution in [-0.2, 0) is 17.6 Å². The Labute approximate surface area is 95.3 Å². The molecular formula is C14H15NO. The maximum absolute atomic E-state index is 10.5. The smallest absolute Gasteiger partial charge is 0.125 e. The molecule has 0 atom stereocenters. The third kappa shape index (κ3) is 1.96. The molecule has 0 aliphatic heterocycles. The number of aryl methyl sites for hydroxylation is 2. The zero-order valence-electron chi connectivity index (χ0n) is 9.66. The van der Waals surface area contributed by atoms with Crippen LogP contribution in [0.5, 0.6) is 0 Å². The van der Waals surface area contributed by atoms with Crippen molar-refractivity contribution < 1.29 is 4.79 Å². The zero-order valence-corrected chi connectivity index (χ0v) is 9.66. The third-order valence-electron chi connectivity index (χ3n) is 2.83. The van der Waals surface area contributed by atoms with E-state index in [1.54, 1.807) is 0 Å². The van der Waals surface area contributed by atoms with E-state index in [1.807, 2.05) is 12.1 Å². The second-order valence-electron chi connectivity index (χ2n) is 4.01. The SMILES string of the molecule is CCc1ccc2nc(CC=O)cc(C)c2c1. The van der Waals surface area contributed by atoms with Gasteiger partial charge in [0.15, 0.2) is 0 Å². The number of carbonyl (C=O) groups is 1. The molecule has 2 aromatic rings. The van der Waals surface area contributed by atoms with Crippen molar-refractivity contribution in [3.05, 3.63) is 41.1 Å². The van der Waals surface area contributed by atoms with E-state index in [4.69, 9.17) is 0 Å². The van der Waals surface area contributed by atoms with Gasteiger partial charge in [-0.2, -0.15) is 0 Å². The van der Waals surface area contributed by atoms with Gasteiger partial charge in [-0.05, 0) is 42.7 Å². The van der Waals surface area contributed by atoms with Gasteiger partial charge in [0.1, 0.15) is 6.29 Å². The summed E-state index contributed by atoms with van der Waals surface area (Å²) in [5.41, 5.74) is 4.34. The van der Waals surface area contributed by atoms with Gasteiger partial charge >= 0.3 is 0 Å². The quantitative estimate of drug-likeness (QED) is 0.734. The highest BCUT2D eigenvalue weighted by Crippen LogP contribution is 2.19. The van der Waals surface area contributed by atoms with E-state index in [1.165, 1.54) is 16.5 Å². The molecule has 0 aliphatic rings. The van der Waals surface area contributed by atoms with Gasteiger partial charge in [0, 0.05) is 17.5 Å². The van der Waals surface area contributed by atoms with Crippen LogP contribution in [0.1, 0.15) is 23.7 Å². The van der Waals surface area contributed by atoms with Gasteiger partial charge in [0.2, 0.25) is 0 Å². The highest BCUT2D eigenvalue weighted by atomic mass is 16.1. The van der Waals surface area contributed by atoms with Crippen molar-refractivity contribution >= 4 is 17.2 Å². The molecular weight excluding hydrogens is 198 g/mol. The number of hydrogen-bond acceptors (Lipinski definition) is 2. The summed E-state index contributed by atoms with van der Waals surface area (Å²) < 4.78 is 0. The lowest BCUT2D eigenvalue weighted by atomic mass is 10.0. The van der Waals surface area contributed by atoms with Crippen LogP contribution < -0.4 is 0 Å². The molecule has 0 N–H and O–H groups in total. The molecule has 0 fully saturated rings. The van der Waals surface area contributed by atoms with E-state index in [0.717, 1.165) is 23.9 Å². The lowest BCUT2D eigenvalue weighted by Gasteiger charge is -2.06. The number of aldehydes is 1. The van der Waals surface area contributed by atoms with Crippen molar-refractivity contribution in [3.8, 4) is 0 Å². The molecule has 1 aromatic heterocycles. The molecule has 2 heteroatoms. The number of carbonyl (C=O) groups excluding carboxylic acids is 1. The minimum Gasteiger partial charge on any atom is -0.303 e. The van der Waals surface area contributed by atoms with Crippen LogP contribution in [0.3, 0.4) is 0 Å². The number of rotatable bonds is 3. The minimum atomic E-state index is 0.395. The lowest BCUT2D eigenvalue weighted by Crippen LogP contribution is -1.94. The van der Waals surface area contributed by atoms with Crippen molar-refractivity contribution in [2.75, 3.05) is 0 Å². The van der Waals surface area contributed by atoms with E-state index in [-0.39, 0.29) is 0 Å². The van der Waals surface area contributed by atoms with Crippen molar-refractivity contribution in [2.45, 2.75) is 26.7 Å². The van der Waals surface area contributed by atoms with Gasteiger partial charge in [0.05, 0.1) is 5.52 Å². The van der Waals surface area contributed by atoms with Gasteiger partial charge in [-0.3, -0.25) is 4.98 Å². The molecule has 0 radical (unpaired) electrons. The van der Waals surface area contributed by atoms with E-state index in [2.05, 4.69) is 31.0 Å². The summed E-state index contributed by atoms with van der Waals surface area (Å²) in [6.45, 7) is 4.21.